The van der Waals surface area contributed by atoms with Gasteiger partial charge in [0.05, 0.1) is 29.6 Å². The highest BCUT2D eigenvalue weighted by Crippen LogP contribution is 2.31. The van der Waals surface area contributed by atoms with Crippen LogP contribution in [0.15, 0.2) is 52.1 Å². The van der Waals surface area contributed by atoms with Crippen LogP contribution in [0, 0.1) is 13.8 Å². The average Bonchev–Trinajstić information content (AvgIpc) is 3.38. The number of hydrogen-bond acceptors (Lipinski definition) is 5. The van der Waals surface area contributed by atoms with Gasteiger partial charge in [-0.15, -0.1) is 11.3 Å². The van der Waals surface area contributed by atoms with Gasteiger partial charge in [0.2, 0.25) is 0 Å². The van der Waals surface area contributed by atoms with E-state index in [2.05, 4.69) is 41.6 Å². The minimum atomic E-state index is 0.175. The molecular formula is C23H28N4O2S. The number of nitrogens with one attached hydrogen (secondary N) is 2. The van der Waals surface area contributed by atoms with Crippen LogP contribution >= 0.6 is 11.3 Å². The Bertz CT molecular complexity index is 962. The Kier molecular flexibility index (Phi) is 6.69. The number of guanidine groups is 1. The van der Waals surface area contributed by atoms with Gasteiger partial charge in [0, 0.05) is 42.8 Å². The van der Waals surface area contributed by atoms with Gasteiger partial charge in [0.25, 0.3) is 0 Å². The van der Waals surface area contributed by atoms with E-state index in [4.69, 9.17) is 14.1 Å². The van der Waals surface area contributed by atoms with Gasteiger partial charge in [-0.1, -0.05) is 18.2 Å². The maximum Gasteiger partial charge on any atom is 0.191 e. The second-order valence-corrected chi connectivity index (χ2v) is 8.65. The van der Waals surface area contributed by atoms with E-state index in [-0.39, 0.29) is 6.04 Å². The Morgan fingerprint density at radius 3 is 2.90 bits per heavy atom. The maximum absolute atomic E-state index is 5.80. The van der Waals surface area contributed by atoms with E-state index in [1.165, 1.54) is 10.4 Å². The van der Waals surface area contributed by atoms with Gasteiger partial charge in [0.15, 0.2) is 5.96 Å². The lowest BCUT2D eigenvalue weighted by Crippen LogP contribution is -2.42. The molecule has 1 aromatic carbocycles. The van der Waals surface area contributed by atoms with Crippen molar-refractivity contribution in [2.24, 2.45) is 4.99 Å². The van der Waals surface area contributed by atoms with E-state index in [1.807, 2.05) is 24.3 Å². The summed E-state index contributed by atoms with van der Waals surface area (Å²) in [5.41, 5.74) is 2.29. The van der Waals surface area contributed by atoms with E-state index < -0.39 is 0 Å². The summed E-state index contributed by atoms with van der Waals surface area (Å²) in [6, 6.07) is 12.3. The molecule has 6 nitrogen and oxygen atoms in total. The highest BCUT2D eigenvalue weighted by molar-refractivity contribution is 7.11. The first-order valence-corrected chi connectivity index (χ1v) is 11.2. The fourth-order valence-corrected chi connectivity index (χ4v) is 4.40. The number of ether oxygens (including phenoxy) is 1. The number of aliphatic imine (C=N–C) groups is 1. The highest BCUT2D eigenvalue weighted by Gasteiger charge is 2.21. The first-order chi connectivity index (χ1) is 14.7. The van der Waals surface area contributed by atoms with Crippen LogP contribution in [0.1, 0.15) is 39.4 Å². The first kappa shape index (κ1) is 20.5. The molecule has 2 aromatic heterocycles. The SMILES string of the molecule is Cc1nc(CCN=C(NCCc2ccco2)NC2CCOc3ccccc32)sc1C. The molecule has 0 radical (unpaired) electrons. The molecule has 0 fully saturated rings. The summed E-state index contributed by atoms with van der Waals surface area (Å²) in [5, 5.41) is 8.21. The monoisotopic (exact) mass is 424 g/mol. The summed E-state index contributed by atoms with van der Waals surface area (Å²) in [6.07, 6.45) is 4.26. The van der Waals surface area contributed by atoms with Crippen molar-refractivity contribution < 1.29 is 9.15 Å². The normalized spacial score (nSPS) is 16.1. The Balaban J connectivity index is 1.42. The lowest BCUT2D eigenvalue weighted by molar-refractivity contribution is 0.261. The van der Waals surface area contributed by atoms with Gasteiger partial charge < -0.3 is 19.8 Å². The number of thiazole rings is 1. The maximum atomic E-state index is 5.80. The fourth-order valence-electron chi connectivity index (χ4n) is 3.48. The molecule has 4 rings (SSSR count). The van der Waals surface area contributed by atoms with E-state index in [1.54, 1.807) is 17.6 Å². The Hall–Kier alpha value is -2.80. The van der Waals surface area contributed by atoms with Gasteiger partial charge in [-0.25, -0.2) is 4.98 Å². The zero-order valence-corrected chi connectivity index (χ0v) is 18.3. The van der Waals surface area contributed by atoms with Crippen molar-refractivity contribution in [3.63, 3.8) is 0 Å². The number of benzene rings is 1. The van der Waals surface area contributed by atoms with Gasteiger partial charge in [-0.05, 0) is 32.0 Å². The zero-order chi connectivity index (χ0) is 20.8. The largest absolute Gasteiger partial charge is 0.493 e. The van der Waals surface area contributed by atoms with E-state index in [0.29, 0.717) is 13.2 Å². The van der Waals surface area contributed by atoms with Crippen LogP contribution < -0.4 is 15.4 Å². The van der Waals surface area contributed by atoms with Crippen LogP contribution in [0.2, 0.25) is 0 Å². The van der Waals surface area contributed by atoms with Crippen molar-refractivity contribution in [2.45, 2.75) is 39.2 Å². The molecular weight excluding hydrogens is 396 g/mol. The number of furan rings is 1. The second-order valence-electron chi connectivity index (χ2n) is 7.36. The lowest BCUT2D eigenvalue weighted by atomic mass is 10.0. The van der Waals surface area contributed by atoms with Crippen LogP contribution in [0.4, 0.5) is 0 Å². The van der Waals surface area contributed by atoms with Gasteiger partial charge in [-0.3, -0.25) is 4.99 Å². The lowest BCUT2D eigenvalue weighted by Gasteiger charge is -2.28. The summed E-state index contributed by atoms with van der Waals surface area (Å²) in [5.74, 6) is 2.73. The molecule has 0 bridgehead atoms. The summed E-state index contributed by atoms with van der Waals surface area (Å²) in [7, 11) is 0. The number of aromatic nitrogens is 1. The molecule has 0 amide bonds. The zero-order valence-electron chi connectivity index (χ0n) is 17.5. The molecule has 1 aliphatic rings. The average molecular weight is 425 g/mol. The summed E-state index contributed by atoms with van der Waals surface area (Å²) in [4.78, 5) is 10.7. The second kappa shape index (κ2) is 9.80. The molecule has 1 atom stereocenters. The summed E-state index contributed by atoms with van der Waals surface area (Å²) < 4.78 is 11.2. The minimum Gasteiger partial charge on any atom is -0.493 e. The molecule has 158 valence electrons. The number of aryl methyl sites for hydroxylation is 2. The third-order valence-electron chi connectivity index (χ3n) is 5.18. The Labute approximate surface area is 181 Å². The van der Waals surface area contributed by atoms with Crippen LogP contribution in [-0.2, 0) is 12.8 Å². The van der Waals surface area contributed by atoms with Crippen LogP contribution in [0.3, 0.4) is 0 Å². The van der Waals surface area contributed by atoms with Gasteiger partial charge >= 0.3 is 0 Å². The first-order valence-electron chi connectivity index (χ1n) is 10.4. The van der Waals surface area contributed by atoms with Crippen LogP contribution in [0.25, 0.3) is 0 Å². The minimum absolute atomic E-state index is 0.175. The number of nitrogens with zero attached hydrogens (tertiary/aromatic N) is 2. The molecule has 1 aliphatic heterocycles. The quantitative estimate of drug-likeness (QED) is 0.439. The molecule has 1 unspecified atom stereocenters. The highest BCUT2D eigenvalue weighted by atomic mass is 32.1. The van der Waals surface area contributed by atoms with E-state index in [9.17, 15) is 0 Å². The summed E-state index contributed by atoms with van der Waals surface area (Å²) in [6.45, 7) is 6.31. The van der Waals surface area contributed by atoms with Crippen molar-refractivity contribution in [1.82, 2.24) is 15.6 Å². The van der Waals surface area contributed by atoms with E-state index in [0.717, 1.165) is 54.0 Å². The molecule has 7 heteroatoms. The third kappa shape index (κ3) is 5.21. The van der Waals surface area contributed by atoms with Gasteiger partial charge in [0.1, 0.15) is 11.5 Å². The third-order valence-corrected chi connectivity index (χ3v) is 6.31. The summed E-state index contributed by atoms with van der Waals surface area (Å²) >= 11 is 1.76. The van der Waals surface area contributed by atoms with Crippen molar-refractivity contribution >= 4 is 17.3 Å². The molecule has 3 aromatic rings. The molecule has 30 heavy (non-hydrogen) atoms. The van der Waals surface area contributed by atoms with Crippen LogP contribution in [0.5, 0.6) is 5.75 Å². The predicted octanol–water partition coefficient (Wildman–Crippen LogP) is 4.20. The molecule has 0 saturated heterocycles. The Morgan fingerprint density at radius 2 is 2.10 bits per heavy atom. The van der Waals surface area contributed by atoms with E-state index >= 15 is 0 Å². The molecule has 0 spiro atoms. The molecule has 2 N–H and O–H groups in total. The van der Waals surface area contributed by atoms with Crippen LogP contribution in [-0.4, -0.2) is 30.6 Å². The number of rotatable bonds is 7. The van der Waals surface area contributed by atoms with Crippen molar-refractivity contribution in [3.05, 3.63) is 69.6 Å². The Morgan fingerprint density at radius 1 is 1.20 bits per heavy atom. The fraction of sp³-hybridized carbons (Fsp3) is 0.391. The van der Waals surface area contributed by atoms with Crippen molar-refractivity contribution in [3.8, 4) is 5.75 Å². The van der Waals surface area contributed by atoms with Crippen molar-refractivity contribution in [1.29, 1.82) is 0 Å². The predicted molar refractivity (Wildman–Crippen MR) is 120 cm³/mol. The standard InChI is InChI=1S/C23H28N4O2S/c1-16-17(2)30-22(26-16)10-13-25-23(24-12-9-18-6-5-14-28-18)27-20-11-15-29-21-8-4-3-7-19(20)21/h3-8,14,20H,9-13,15H2,1-2H3,(H2,24,25,27). The number of fused-ring (bicyclic) bond motifs is 1. The van der Waals surface area contributed by atoms with Gasteiger partial charge in [-0.2, -0.15) is 0 Å². The van der Waals surface area contributed by atoms with Crippen molar-refractivity contribution in [2.75, 3.05) is 19.7 Å². The smallest absolute Gasteiger partial charge is 0.191 e. The number of para-hydroxylation sites is 1. The number of hydrogen-bond donors (Lipinski definition) is 2. The topological polar surface area (TPSA) is 71.7 Å². The molecule has 3 heterocycles. The molecule has 0 aliphatic carbocycles. The molecule has 0 saturated carbocycles.